The summed E-state index contributed by atoms with van der Waals surface area (Å²) in [7, 11) is -5.25. The van der Waals surface area contributed by atoms with E-state index in [4.69, 9.17) is 13.0 Å². The van der Waals surface area contributed by atoms with Crippen molar-refractivity contribution in [3.05, 3.63) is 19.6 Å². The molecule has 0 fully saturated rings. The van der Waals surface area contributed by atoms with Crippen molar-refractivity contribution in [1.29, 1.82) is 0 Å². The second-order valence-electron chi connectivity index (χ2n) is 8.99. The van der Waals surface area contributed by atoms with Crippen molar-refractivity contribution >= 4 is 26.0 Å². The third-order valence-electron chi connectivity index (χ3n) is 5.25. The zero-order valence-electron chi connectivity index (χ0n) is 25.2. The monoisotopic (exact) mass is 700 g/mol. The summed E-state index contributed by atoms with van der Waals surface area (Å²) in [6.45, 7) is 20.4. The minimum Gasteiger partial charge on any atom is -0.741 e. The summed E-state index contributed by atoms with van der Waals surface area (Å²) in [5, 5.41) is 0. The molecule has 10 heteroatoms. The fraction of sp³-hybridized carbons (Fsp3) is 0.893. The van der Waals surface area contributed by atoms with E-state index < -0.39 is 15.6 Å². The molecule has 0 aromatic carbocycles. The van der Waals surface area contributed by atoms with E-state index >= 15 is 0 Å². The van der Waals surface area contributed by atoms with Gasteiger partial charge in [0.15, 0.2) is 10.1 Å². The molecule has 0 aliphatic rings. The molecule has 0 aliphatic carbocycles. The van der Waals surface area contributed by atoms with Crippen molar-refractivity contribution in [1.82, 2.24) is 0 Å². The first-order valence-corrected chi connectivity index (χ1v) is 19.4. The molecule has 38 heavy (non-hydrogen) atoms. The number of allylic oxidation sites excluding steroid dienone is 1. The number of rotatable bonds is 18. The largest absolute Gasteiger partial charge is 2.00 e. The Kier molecular flexibility index (Phi) is 45.8. The van der Waals surface area contributed by atoms with Crippen LogP contribution in [0.25, 0.3) is 0 Å². The van der Waals surface area contributed by atoms with E-state index in [1.807, 2.05) is 0 Å². The molecular weight excluding hydrogens is 642 g/mol. The first-order chi connectivity index (χ1) is 17.4. The van der Waals surface area contributed by atoms with Crippen LogP contribution in [0.5, 0.6) is 0 Å². The van der Waals surface area contributed by atoms with Gasteiger partial charge in [-0.2, -0.15) is 13.2 Å². The van der Waals surface area contributed by atoms with Crippen LogP contribution in [-0.2, 0) is 30.5 Å². The van der Waals surface area contributed by atoms with Gasteiger partial charge in [-0.05, 0) is 75.5 Å². The summed E-state index contributed by atoms with van der Waals surface area (Å²) in [4.78, 5) is 0. The fourth-order valence-corrected chi connectivity index (χ4v) is 8.88. The van der Waals surface area contributed by atoms with E-state index in [9.17, 15) is 13.2 Å². The van der Waals surface area contributed by atoms with Crippen molar-refractivity contribution in [2.24, 2.45) is 0 Å². The zero-order valence-corrected chi connectivity index (χ0v) is 29.4. The molecule has 0 aromatic heterocycles. The molecule has 0 rings (SSSR count). The molecule has 236 valence electrons. The van der Waals surface area contributed by atoms with Crippen LogP contribution in [0.1, 0.15) is 119 Å². The van der Waals surface area contributed by atoms with E-state index in [0.29, 0.717) is 15.8 Å². The molecule has 0 saturated carbocycles. The van der Waals surface area contributed by atoms with Crippen molar-refractivity contribution in [2.45, 2.75) is 124 Å². The van der Waals surface area contributed by atoms with Crippen molar-refractivity contribution < 1.29 is 46.6 Å². The molecule has 0 spiro atoms. The smallest absolute Gasteiger partial charge is 0.741 e. The number of hydrogen-bond donors (Lipinski definition) is 0. The molecule has 0 N–H and O–H groups in total. The molecule has 0 amide bonds. The van der Waals surface area contributed by atoms with Gasteiger partial charge in [-0.1, -0.05) is 80.1 Å². The van der Waals surface area contributed by atoms with Crippen LogP contribution < -0.4 is 0 Å². The first-order valence-electron chi connectivity index (χ1n) is 14.2. The van der Waals surface area contributed by atoms with Gasteiger partial charge in [0.2, 0.25) is 0 Å². The average Bonchev–Trinajstić information content (AvgIpc) is 2.83. The van der Waals surface area contributed by atoms with Crippen molar-refractivity contribution in [3.8, 4) is 0 Å². The van der Waals surface area contributed by atoms with Gasteiger partial charge < -0.3 is 4.55 Å². The molecule has 0 heterocycles. The first kappa shape index (κ1) is 48.6. The Labute approximate surface area is 252 Å². The van der Waals surface area contributed by atoms with Gasteiger partial charge >= 0.3 is 25.9 Å². The molecule has 0 bridgehead atoms. The van der Waals surface area contributed by atoms with Gasteiger partial charge in [-0.3, -0.25) is 0 Å². The number of alkyl halides is 3. The predicted molar refractivity (Wildman–Crippen MR) is 164 cm³/mol. The van der Waals surface area contributed by atoms with E-state index in [1.165, 1.54) is 83.1 Å². The fourth-order valence-electron chi connectivity index (χ4n) is 2.96. The average molecular weight is 701 g/mol. The van der Waals surface area contributed by atoms with Gasteiger partial charge in [0.05, 0.1) is 0 Å². The Bertz CT molecular complexity index is 490. The second kappa shape index (κ2) is 35.9. The van der Waals surface area contributed by atoms with Gasteiger partial charge in [-0.15, -0.1) is 15.8 Å². The molecule has 3 nitrogen and oxygen atoms in total. The zero-order chi connectivity index (χ0) is 29.6. The van der Waals surface area contributed by atoms with Crippen LogP contribution in [0, 0.1) is 6.92 Å². The molecule has 0 unspecified atom stereocenters. The quantitative estimate of drug-likeness (QED) is 0.0470. The van der Waals surface area contributed by atoms with E-state index in [1.54, 1.807) is 37.0 Å². The third-order valence-corrected chi connectivity index (χ3v) is 11.5. The van der Waals surface area contributed by atoms with Crippen LogP contribution in [0.2, 0.25) is 0 Å². The van der Waals surface area contributed by atoms with Crippen LogP contribution >= 0.6 is 15.8 Å². The summed E-state index contributed by atoms with van der Waals surface area (Å²) >= 11 is 0. The Morgan fingerprint density at radius 3 is 0.868 bits per heavy atom. The molecule has 0 atom stereocenters. The number of hydrogen-bond acceptors (Lipinski definition) is 3. The van der Waals surface area contributed by atoms with E-state index in [-0.39, 0.29) is 20.4 Å². The molecule has 0 saturated heterocycles. The molecule has 0 radical (unpaired) electrons. The number of unbranched alkanes of at least 4 members (excludes halogenated alkanes) is 6. The molecular formula is C28H59F3O3P2PdS. The van der Waals surface area contributed by atoms with Crippen LogP contribution in [-0.4, -0.2) is 55.5 Å². The second-order valence-corrected chi connectivity index (χ2v) is 15.7. The molecule has 0 aromatic rings. The summed E-state index contributed by atoms with van der Waals surface area (Å²) in [5.74, 6) is 0. The summed E-state index contributed by atoms with van der Waals surface area (Å²) in [6, 6.07) is 0. The summed E-state index contributed by atoms with van der Waals surface area (Å²) in [5.41, 5.74) is -5.65. The maximum absolute atomic E-state index is 10.7. The van der Waals surface area contributed by atoms with E-state index in [2.05, 4.69) is 55.0 Å². The maximum atomic E-state index is 10.7. The van der Waals surface area contributed by atoms with Crippen LogP contribution in [0.15, 0.2) is 12.7 Å². The Balaban J connectivity index is -0.000000138. The van der Waals surface area contributed by atoms with Gasteiger partial charge in [0.1, 0.15) is 0 Å². The normalized spacial score (nSPS) is 10.8. The minimum absolute atomic E-state index is 0. The van der Waals surface area contributed by atoms with Gasteiger partial charge in [-0.25, -0.2) is 28.0 Å². The van der Waals surface area contributed by atoms with Crippen molar-refractivity contribution in [3.63, 3.8) is 0 Å². The molecule has 0 aliphatic heterocycles. The Morgan fingerprint density at radius 1 is 0.658 bits per heavy atom. The standard InChI is InChI=1S/2C12H27P.C3H5.CHF3O3S.Pd/c2*1-4-7-10-13(11-8-5-2)12-9-6-3;1-3-2;2-1(3,4)8(5,6)7;/h2*4-12H2,1-3H3;3H,1-2H2;(H,5,6,7);/q;;-1;;+2/p-1. The van der Waals surface area contributed by atoms with Gasteiger partial charge in [0.25, 0.3) is 0 Å². The maximum Gasteiger partial charge on any atom is 2.00 e. The SMILES string of the molecule is C=C[CH2-].CCCCP(CCCC)CCCC.CCCCP(CCCC)CCCC.O=S(=O)([O-])C(F)(F)F.[Pd+2]. The van der Waals surface area contributed by atoms with Crippen molar-refractivity contribution in [2.75, 3.05) is 37.0 Å². The Morgan fingerprint density at radius 2 is 0.789 bits per heavy atom. The van der Waals surface area contributed by atoms with Crippen LogP contribution in [0.4, 0.5) is 13.2 Å². The van der Waals surface area contributed by atoms with E-state index in [0.717, 1.165) is 0 Å². The minimum atomic E-state index is -6.09. The van der Waals surface area contributed by atoms with Gasteiger partial charge in [0, 0.05) is 0 Å². The Hall–Kier alpha value is 0.832. The van der Waals surface area contributed by atoms with Crippen LogP contribution in [0.3, 0.4) is 0 Å². The summed E-state index contributed by atoms with van der Waals surface area (Å²) in [6.07, 6.45) is 27.9. The third kappa shape index (κ3) is 41.3. The predicted octanol–water partition coefficient (Wildman–Crippen LogP) is 10.8. The topological polar surface area (TPSA) is 57.2 Å². The summed E-state index contributed by atoms with van der Waals surface area (Å²) < 4.78 is 58.9. The number of halogens is 3.